The quantitative estimate of drug-likeness (QED) is 0.929. The fourth-order valence-electron chi connectivity index (χ4n) is 1.20. The summed E-state index contributed by atoms with van der Waals surface area (Å²) in [6, 6.07) is 1.89. The molecule has 2 heterocycles. The van der Waals surface area contributed by atoms with Crippen LogP contribution in [0.25, 0.3) is 11.5 Å². The van der Waals surface area contributed by atoms with Gasteiger partial charge in [0.25, 0.3) is 0 Å². The van der Waals surface area contributed by atoms with E-state index in [1.807, 2.05) is 13.0 Å². The van der Waals surface area contributed by atoms with Gasteiger partial charge in [-0.25, -0.2) is 0 Å². The van der Waals surface area contributed by atoms with Gasteiger partial charge in [-0.3, -0.25) is 4.98 Å². The number of nitrogens with zero attached hydrogens (tertiary/aromatic N) is 3. The van der Waals surface area contributed by atoms with Crippen LogP contribution in [0, 0.1) is 0 Å². The van der Waals surface area contributed by atoms with E-state index in [1.54, 1.807) is 12.4 Å². The van der Waals surface area contributed by atoms with Gasteiger partial charge in [-0.15, -0.1) is 10.2 Å². The molecule has 2 aromatic heterocycles. The van der Waals surface area contributed by atoms with Gasteiger partial charge in [-0.2, -0.15) is 0 Å². The topological polar surface area (TPSA) is 63.8 Å². The van der Waals surface area contributed by atoms with Gasteiger partial charge >= 0.3 is 0 Å². The Morgan fingerprint density at radius 2 is 2.25 bits per heavy atom. The molecular weight excluding hydrogens is 272 g/mol. The third kappa shape index (κ3) is 2.65. The Bertz CT molecular complexity index is 471. The Hall–Kier alpha value is -1.27. The van der Waals surface area contributed by atoms with Crippen LogP contribution in [0.4, 0.5) is 0 Å². The first-order valence-corrected chi connectivity index (χ1v) is 5.73. The summed E-state index contributed by atoms with van der Waals surface area (Å²) in [4.78, 5) is 4.04. The molecule has 1 N–H and O–H groups in total. The summed E-state index contributed by atoms with van der Waals surface area (Å²) in [5.41, 5.74) is 0.810. The molecule has 0 amide bonds. The molecule has 0 aliphatic heterocycles. The molecule has 2 rings (SSSR count). The number of rotatable bonds is 4. The van der Waals surface area contributed by atoms with Gasteiger partial charge in [0.1, 0.15) is 0 Å². The van der Waals surface area contributed by atoms with Crippen LogP contribution in [0.3, 0.4) is 0 Å². The largest absolute Gasteiger partial charge is 0.419 e. The van der Waals surface area contributed by atoms with Crippen molar-refractivity contribution >= 4 is 15.9 Å². The summed E-state index contributed by atoms with van der Waals surface area (Å²) in [5.74, 6) is 1.07. The molecule has 0 aliphatic carbocycles. The van der Waals surface area contributed by atoms with Crippen LogP contribution in [-0.2, 0) is 6.54 Å². The molecule has 5 nitrogen and oxygen atoms in total. The predicted molar refractivity (Wildman–Crippen MR) is 62.6 cm³/mol. The normalized spacial score (nSPS) is 10.6. The fraction of sp³-hybridized carbons (Fsp3) is 0.300. The molecule has 2 aromatic rings. The minimum atomic E-state index is 0.488. The number of hydrogen-bond donors (Lipinski definition) is 1. The highest BCUT2D eigenvalue weighted by molar-refractivity contribution is 9.10. The number of hydrogen-bond acceptors (Lipinski definition) is 5. The lowest BCUT2D eigenvalue weighted by molar-refractivity contribution is 0.482. The van der Waals surface area contributed by atoms with Crippen LogP contribution in [0.15, 0.2) is 27.3 Å². The zero-order valence-corrected chi connectivity index (χ0v) is 10.4. The van der Waals surface area contributed by atoms with Crippen molar-refractivity contribution in [2.24, 2.45) is 0 Å². The molecular formula is C10H11BrN4O. The number of nitrogens with one attached hydrogen (secondary N) is 1. The molecule has 6 heteroatoms. The summed E-state index contributed by atoms with van der Waals surface area (Å²) in [7, 11) is 0. The van der Waals surface area contributed by atoms with Gasteiger partial charge < -0.3 is 9.73 Å². The Balaban J connectivity index is 2.18. The molecule has 84 valence electrons. The zero-order chi connectivity index (χ0) is 11.4. The van der Waals surface area contributed by atoms with Crippen molar-refractivity contribution in [2.75, 3.05) is 6.54 Å². The van der Waals surface area contributed by atoms with E-state index in [1.165, 1.54) is 0 Å². The van der Waals surface area contributed by atoms with Gasteiger partial charge in [0.2, 0.25) is 11.8 Å². The van der Waals surface area contributed by atoms with E-state index in [0.717, 1.165) is 16.6 Å². The minimum Gasteiger partial charge on any atom is -0.419 e. The van der Waals surface area contributed by atoms with Crippen molar-refractivity contribution in [3.63, 3.8) is 0 Å². The van der Waals surface area contributed by atoms with Crippen molar-refractivity contribution < 1.29 is 4.42 Å². The lowest BCUT2D eigenvalue weighted by Gasteiger charge is -1.95. The third-order valence-corrected chi connectivity index (χ3v) is 2.38. The van der Waals surface area contributed by atoms with Crippen LogP contribution < -0.4 is 5.32 Å². The Morgan fingerprint density at radius 3 is 3.00 bits per heavy atom. The zero-order valence-electron chi connectivity index (χ0n) is 8.77. The SMILES string of the molecule is CCNCc1nnc(-c2cncc(Br)c2)o1. The van der Waals surface area contributed by atoms with Gasteiger partial charge in [0.15, 0.2) is 0 Å². The molecule has 0 unspecified atom stereocenters. The molecule has 0 saturated heterocycles. The fourth-order valence-corrected chi connectivity index (χ4v) is 1.57. The van der Waals surface area contributed by atoms with E-state index in [-0.39, 0.29) is 0 Å². The second-order valence-electron chi connectivity index (χ2n) is 3.17. The maximum Gasteiger partial charge on any atom is 0.249 e. The van der Waals surface area contributed by atoms with E-state index < -0.39 is 0 Å². The highest BCUT2D eigenvalue weighted by Gasteiger charge is 2.08. The van der Waals surface area contributed by atoms with Gasteiger partial charge in [0, 0.05) is 16.9 Å². The van der Waals surface area contributed by atoms with E-state index in [2.05, 4.69) is 36.4 Å². The molecule has 0 saturated carbocycles. The van der Waals surface area contributed by atoms with Crippen molar-refractivity contribution in [2.45, 2.75) is 13.5 Å². The molecule has 0 aliphatic rings. The van der Waals surface area contributed by atoms with Crippen molar-refractivity contribution in [1.29, 1.82) is 0 Å². The number of halogens is 1. The lowest BCUT2D eigenvalue weighted by atomic mass is 10.3. The number of pyridine rings is 1. The summed E-state index contributed by atoms with van der Waals surface area (Å²) in [6.45, 7) is 3.48. The van der Waals surface area contributed by atoms with Gasteiger partial charge in [0.05, 0.1) is 12.1 Å². The predicted octanol–water partition coefficient (Wildman–Crippen LogP) is 2.00. The molecule has 0 radical (unpaired) electrons. The summed E-state index contributed by atoms with van der Waals surface area (Å²) < 4.78 is 6.37. The monoisotopic (exact) mass is 282 g/mol. The lowest BCUT2D eigenvalue weighted by Crippen LogP contribution is -2.11. The second-order valence-corrected chi connectivity index (χ2v) is 4.09. The standard InChI is InChI=1S/C10H11BrN4O/c1-2-12-6-9-14-15-10(16-9)7-3-8(11)5-13-4-7/h3-5,12H,2,6H2,1H3. The van der Waals surface area contributed by atoms with Crippen molar-refractivity contribution in [3.05, 3.63) is 28.8 Å². The van der Waals surface area contributed by atoms with Crippen LogP contribution in [0.1, 0.15) is 12.8 Å². The minimum absolute atomic E-state index is 0.488. The molecule has 16 heavy (non-hydrogen) atoms. The first-order valence-electron chi connectivity index (χ1n) is 4.93. The highest BCUT2D eigenvalue weighted by atomic mass is 79.9. The molecule has 0 aromatic carbocycles. The van der Waals surface area contributed by atoms with Crippen molar-refractivity contribution in [3.8, 4) is 11.5 Å². The molecule has 0 fully saturated rings. The molecule has 0 spiro atoms. The Morgan fingerprint density at radius 1 is 1.38 bits per heavy atom. The van der Waals surface area contributed by atoms with E-state index >= 15 is 0 Å². The van der Waals surface area contributed by atoms with Gasteiger partial charge in [-0.1, -0.05) is 6.92 Å². The summed E-state index contributed by atoms with van der Waals surface area (Å²) in [5, 5.41) is 11.0. The maximum atomic E-state index is 5.48. The third-order valence-electron chi connectivity index (χ3n) is 1.94. The number of aromatic nitrogens is 3. The van der Waals surface area contributed by atoms with E-state index in [0.29, 0.717) is 18.3 Å². The molecule has 0 bridgehead atoms. The first kappa shape index (κ1) is 11.2. The second kappa shape index (κ2) is 5.18. The Labute approximate surface area is 101 Å². The average molecular weight is 283 g/mol. The van der Waals surface area contributed by atoms with E-state index in [4.69, 9.17) is 4.42 Å². The van der Waals surface area contributed by atoms with Gasteiger partial charge in [-0.05, 0) is 28.5 Å². The average Bonchev–Trinajstić information content (AvgIpc) is 2.75. The molecule has 0 atom stereocenters. The van der Waals surface area contributed by atoms with Crippen LogP contribution in [-0.4, -0.2) is 21.7 Å². The van der Waals surface area contributed by atoms with Crippen molar-refractivity contribution in [1.82, 2.24) is 20.5 Å². The van der Waals surface area contributed by atoms with Crippen LogP contribution >= 0.6 is 15.9 Å². The Kier molecular flexibility index (Phi) is 3.63. The van der Waals surface area contributed by atoms with Crippen LogP contribution in [0.2, 0.25) is 0 Å². The smallest absolute Gasteiger partial charge is 0.249 e. The summed E-state index contributed by atoms with van der Waals surface area (Å²) >= 11 is 3.34. The first-order chi connectivity index (χ1) is 7.79. The van der Waals surface area contributed by atoms with Crippen LogP contribution in [0.5, 0.6) is 0 Å². The summed E-state index contributed by atoms with van der Waals surface area (Å²) in [6.07, 6.45) is 3.40. The maximum absolute atomic E-state index is 5.48. The van der Waals surface area contributed by atoms with E-state index in [9.17, 15) is 0 Å². The highest BCUT2D eigenvalue weighted by Crippen LogP contribution is 2.20.